The van der Waals surface area contributed by atoms with Crippen LogP contribution in [0.4, 0.5) is 11.4 Å². The summed E-state index contributed by atoms with van der Waals surface area (Å²) in [5.41, 5.74) is 3.09. The van der Waals surface area contributed by atoms with Crippen molar-refractivity contribution in [3.63, 3.8) is 0 Å². The van der Waals surface area contributed by atoms with Gasteiger partial charge in [0.25, 0.3) is 0 Å². The van der Waals surface area contributed by atoms with Crippen LogP contribution >= 0.6 is 0 Å². The van der Waals surface area contributed by atoms with Crippen molar-refractivity contribution in [1.82, 2.24) is 4.98 Å². The third-order valence-electron chi connectivity index (χ3n) is 6.17. The number of hydrogen-bond donors (Lipinski definition) is 4. The van der Waals surface area contributed by atoms with Crippen LogP contribution in [0, 0.1) is 0 Å². The van der Waals surface area contributed by atoms with Gasteiger partial charge in [0.2, 0.25) is 0 Å². The number of nitrogens with zero attached hydrogens (tertiary/aromatic N) is 2. The van der Waals surface area contributed by atoms with Crippen molar-refractivity contribution in [2.45, 2.75) is 12.8 Å². The van der Waals surface area contributed by atoms with Crippen molar-refractivity contribution in [3.05, 3.63) is 52.7 Å². The first-order chi connectivity index (χ1) is 19.4. The van der Waals surface area contributed by atoms with E-state index in [9.17, 15) is 14.4 Å². The van der Waals surface area contributed by atoms with Gasteiger partial charge in [-0.05, 0) is 30.3 Å². The Hall–Kier alpha value is -3.97. The van der Waals surface area contributed by atoms with Crippen LogP contribution in [0.3, 0.4) is 0 Å². The summed E-state index contributed by atoms with van der Waals surface area (Å²) in [5, 5.41) is 31.7. The van der Waals surface area contributed by atoms with Gasteiger partial charge < -0.3 is 51.8 Å². The smallest absolute Gasteiger partial charge is 0.305 e. The SMILES string of the molecule is O=C(O)CCN(CCC(=O)O)c1ccc2nc3c(cc(NCCOCCOCCO)c4ccc(=O)cc43)oc2c1.[Cl-]. The number of ether oxygens (including phenoxy) is 2. The van der Waals surface area contributed by atoms with E-state index in [0.717, 1.165) is 11.1 Å². The third kappa shape index (κ3) is 8.51. The first kappa shape index (κ1) is 31.6. The number of aliphatic hydroxyl groups is 1. The predicted molar refractivity (Wildman–Crippen MR) is 149 cm³/mol. The Labute approximate surface area is 240 Å². The Morgan fingerprint density at radius 2 is 1.59 bits per heavy atom. The lowest BCUT2D eigenvalue weighted by Gasteiger charge is -2.23. The number of aromatic nitrogens is 1. The molecule has 0 saturated carbocycles. The molecule has 220 valence electrons. The van der Waals surface area contributed by atoms with Crippen LogP contribution in [-0.2, 0) is 19.1 Å². The molecular weight excluding hydrogens is 558 g/mol. The number of anilines is 2. The molecule has 0 saturated heterocycles. The van der Waals surface area contributed by atoms with Crippen LogP contribution in [-0.4, -0.2) is 84.9 Å². The maximum absolute atomic E-state index is 12.2. The number of hydrogen-bond acceptors (Lipinski definition) is 10. The fraction of sp³-hybridized carbons (Fsp3) is 0.357. The predicted octanol–water partition coefficient (Wildman–Crippen LogP) is -0.308. The number of benzene rings is 3. The van der Waals surface area contributed by atoms with E-state index < -0.39 is 11.9 Å². The van der Waals surface area contributed by atoms with E-state index in [1.54, 1.807) is 35.2 Å². The van der Waals surface area contributed by atoms with Crippen LogP contribution in [0.15, 0.2) is 51.7 Å². The zero-order chi connectivity index (χ0) is 28.5. The fourth-order valence-corrected chi connectivity index (χ4v) is 4.29. The number of aliphatic carboxylic acids is 2. The second-order valence-corrected chi connectivity index (χ2v) is 8.99. The summed E-state index contributed by atoms with van der Waals surface area (Å²) in [6.45, 7) is 2.16. The summed E-state index contributed by atoms with van der Waals surface area (Å²) in [4.78, 5) is 41.0. The molecule has 1 aromatic heterocycles. The molecule has 0 fully saturated rings. The second kappa shape index (κ2) is 15.1. The third-order valence-corrected chi connectivity index (χ3v) is 6.17. The van der Waals surface area contributed by atoms with Gasteiger partial charge in [-0.1, -0.05) is 0 Å². The number of carboxylic acids is 2. The number of rotatable bonds is 16. The molecule has 0 amide bonds. The molecule has 0 aliphatic heterocycles. The minimum Gasteiger partial charge on any atom is -1.00 e. The molecule has 0 aliphatic carbocycles. The molecule has 0 bridgehead atoms. The number of carbonyl (C=O) groups is 2. The molecule has 41 heavy (non-hydrogen) atoms. The molecule has 0 radical (unpaired) electrons. The highest BCUT2D eigenvalue weighted by Crippen LogP contribution is 2.33. The minimum absolute atomic E-state index is 0. The maximum Gasteiger partial charge on any atom is 0.305 e. The topological polar surface area (TPSA) is 172 Å². The number of carboxylic acid groups (broad SMARTS) is 2. The van der Waals surface area contributed by atoms with Crippen molar-refractivity contribution in [1.29, 1.82) is 0 Å². The van der Waals surface area contributed by atoms with E-state index in [1.807, 2.05) is 0 Å². The minimum atomic E-state index is -0.983. The van der Waals surface area contributed by atoms with Crippen LogP contribution in [0.2, 0.25) is 0 Å². The van der Waals surface area contributed by atoms with Crippen molar-refractivity contribution >= 4 is 56.3 Å². The molecule has 0 aliphatic rings. The Balaban J connectivity index is 0.00000462. The normalized spacial score (nSPS) is 11.0. The average molecular weight is 589 g/mol. The lowest BCUT2D eigenvalue weighted by molar-refractivity contribution is -0.137. The lowest BCUT2D eigenvalue weighted by Crippen LogP contribution is -3.00. The Bertz CT molecular complexity index is 1540. The summed E-state index contributed by atoms with van der Waals surface area (Å²) in [6.07, 6.45) is -0.300. The summed E-state index contributed by atoms with van der Waals surface area (Å²) < 4.78 is 16.9. The standard InChI is InChI=1S/C28H31N3O9.ClH/c32-10-12-39-14-13-38-11-7-29-23-17-25-28(21-16-19(33)2-3-20(21)23)30-22-4-1-18(15-24(22)40-25)31(8-5-26(34)35)9-6-27(36)37;/h1-4,15-17,29,32H,5-14H2,(H,34,35)(H,36,37);1H/p-1. The summed E-state index contributed by atoms with van der Waals surface area (Å²) >= 11 is 0. The van der Waals surface area contributed by atoms with Gasteiger partial charge in [0.1, 0.15) is 11.0 Å². The van der Waals surface area contributed by atoms with Crippen LogP contribution in [0.1, 0.15) is 12.8 Å². The molecule has 12 nitrogen and oxygen atoms in total. The Morgan fingerprint density at radius 1 is 0.878 bits per heavy atom. The quantitative estimate of drug-likeness (QED) is 0.0765. The van der Waals surface area contributed by atoms with Crippen molar-refractivity contribution < 1.29 is 51.2 Å². The summed E-state index contributed by atoms with van der Waals surface area (Å²) in [7, 11) is 0. The largest absolute Gasteiger partial charge is 1.00 e. The van der Waals surface area contributed by atoms with Gasteiger partial charge in [-0.25, -0.2) is 4.98 Å². The van der Waals surface area contributed by atoms with E-state index in [0.29, 0.717) is 59.6 Å². The highest BCUT2D eigenvalue weighted by Gasteiger charge is 2.15. The van der Waals surface area contributed by atoms with E-state index in [-0.39, 0.29) is 57.0 Å². The zero-order valence-electron chi connectivity index (χ0n) is 22.2. The Kier molecular flexibility index (Phi) is 11.7. The van der Waals surface area contributed by atoms with E-state index >= 15 is 0 Å². The first-order valence-corrected chi connectivity index (χ1v) is 12.9. The second-order valence-electron chi connectivity index (χ2n) is 8.99. The number of halogens is 1. The molecule has 0 atom stereocenters. The van der Waals surface area contributed by atoms with Gasteiger partial charge >= 0.3 is 11.9 Å². The highest BCUT2D eigenvalue weighted by molar-refractivity contribution is 6.10. The zero-order valence-corrected chi connectivity index (χ0v) is 22.9. The number of aliphatic hydroxyl groups excluding tert-OH is 1. The van der Waals surface area contributed by atoms with Crippen molar-refractivity contribution in [2.24, 2.45) is 0 Å². The van der Waals surface area contributed by atoms with Gasteiger partial charge in [0.05, 0.1) is 45.9 Å². The molecule has 13 heteroatoms. The van der Waals surface area contributed by atoms with Crippen molar-refractivity contribution in [3.8, 4) is 0 Å². The Morgan fingerprint density at radius 3 is 2.27 bits per heavy atom. The number of fused-ring (bicyclic) bond motifs is 4. The molecule has 0 unspecified atom stereocenters. The summed E-state index contributed by atoms with van der Waals surface area (Å²) in [5.74, 6) is -1.97. The van der Waals surface area contributed by atoms with Gasteiger partial charge in [-0.3, -0.25) is 14.4 Å². The first-order valence-electron chi connectivity index (χ1n) is 12.9. The average Bonchev–Trinajstić information content (AvgIpc) is 2.93. The van der Waals surface area contributed by atoms with E-state index in [4.69, 9.17) is 34.2 Å². The molecule has 3 aromatic carbocycles. The monoisotopic (exact) mass is 588 g/mol. The molecule has 4 N–H and O–H groups in total. The molecule has 1 heterocycles. The van der Waals surface area contributed by atoms with Crippen LogP contribution < -0.4 is 28.1 Å². The van der Waals surface area contributed by atoms with Crippen LogP contribution in [0.25, 0.3) is 33.0 Å². The summed E-state index contributed by atoms with van der Waals surface area (Å²) in [6, 6.07) is 11.7. The molecular formula is C28H31ClN3O9-. The molecule has 0 spiro atoms. The van der Waals surface area contributed by atoms with Gasteiger partial charge in [-0.2, -0.15) is 0 Å². The van der Waals surface area contributed by atoms with Crippen LogP contribution in [0.5, 0.6) is 0 Å². The molecule has 4 rings (SSSR count). The lowest BCUT2D eigenvalue weighted by atomic mass is 10.1. The maximum atomic E-state index is 12.2. The van der Waals surface area contributed by atoms with Gasteiger partial charge in [0.15, 0.2) is 16.6 Å². The number of nitrogens with one attached hydrogen (secondary N) is 1. The highest BCUT2D eigenvalue weighted by atomic mass is 35.5. The van der Waals surface area contributed by atoms with Crippen molar-refractivity contribution in [2.75, 3.05) is 62.9 Å². The molecule has 4 aromatic rings. The van der Waals surface area contributed by atoms with E-state index in [2.05, 4.69) is 5.32 Å². The van der Waals surface area contributed by atoms with Gasteiger partial charge in [-0.15, -0.1) is 0 Å². The van der Waals surface area contributed by atoms with Gasteiger partial charge in [0, 0.05) is 53.9 Å². The van der Waals surface area contributed by atoms with E-state index in [1.165, 1.54) is 12.1 Å². The fourth-order valence-electron chi connectivity index (χ4n) is 4.29.